The Bertz CT molecular complexity index is 895. The largest absolute Gasteiger partial charge is 0.493 e. The van der Waals surface area contributed by atoms with E-state index in [4.69, 9.17) is 14.9 Å². The second kappa shape index (κ2) is 10.9. The molecule has 0 unspecified atom stereocenters. The first-order chi connectivity index (χ1) is 15.6. The lowest BCUT2D eigenvalue weighted by molar-refractivity contribution is 0.108. The Morgan fingerprint density at radius 2 is 1.75 bits per heavy atom. The molecule has 2 fully saturated rings. The van der Waals surface area contributed by atoms with Crippen LogP contribution in [-0.2, 0) is 0 Å². The summed E-state index contributed by atoms with van der Waals surface area (Å²) < 4.78 is 5.99. The summed E-state index contributed by atoms with van der Waals surface area (Å²) in [5.41, 5.74) is 1.88. The molecule has 0 spiro atoms. The van der Waals surface area contributed by atoms with Gasteiger partial charge in [-0.25, -0.2) is 14.8 Å². The Morgan fingerprint density at radius 3 is 2.44 bits per heavy atom. The molecule has 0 saturated carbocycles. The number of aromatic nitrogens is 2. The molecule has 2 aromatic rings. The standard InChI is InChI=1S/C23H33N5O4/c29-14-13-27-11-9-26(10-12-27)6-1-15-32-19-2-3-20-21(16-19)24-17-25-22(20)18-4-7-28(8-5-18)23(30)31/h2-3,16-18,29H,1,4-15H2,(H,30,31). The SMILES string of the molecule is O=C(O)N1CCC(c2ncnc3cc(OCCCN4CCN(CCO)CC4)ccc23)CC1. The molecule has 1 aromatic heterocycles. The molecule has 3 heterocycles. The van der Waals surface area contributed by atoms with Gasteiger partial charge in [-0.05, 0) is 31.4 Å². The lowest BCUT2D eigenvalue weighted by atomic mass is 9.91. The normalized spacial score (nSPS) is 18.8. The smallest absolute Gasteiger partial charge is 0.407 e. The van der Waals surface area contributed by atoms with Gasteiger partial charge in [0.1, 0.15) is 12.1 Å². The van der Waals surface area contributed by atoms with Gasteiger partial charge in [0, 0.05) is 69.7 Å². The third-order valence-corrected chi connectivity index (χ3v) is 6.56. The predicted molar refractivity (Wildman–Crippen MR) is 121 cm³/mol. The monoisotopic (exact) mass is 443 g/mol. The minimum atomic E-state index is -0.846. The number of carbonyl (C=O) groups is 1. The quantitative estimate of drug-likeness (QED) is 0.596. The van der Waals surface area contributed by atoms with Crippen molar-refractivity contribution in [1.29, 1.82) is 0 Å². The third kappa shape index (κ3) is 5.65. The van der Waals surface area contributed by atoms with Crippen molar-refractivity contribution in [3.8, 4) is 5.75 Å². The number of piperazine rings is 1. The van der Waals surface area contributed by atoms with Crippen LogP contribution in [0.5, 0.6) is 5.75 Å². The molecule has 0 bridgehead atoms. The highest BCUT2D eigenvalue weighted by Crippen LogP contribution is 2.32. The van der Waals surface area contributed by atoms with Gasteiger partial charge in [0.05, 0.1) is 24.4 Å². The van der Waals surface area contributed by atoms with Gasteiger partial charge in [-0.2, -0.15) is 0 Å². The molecule has 2 aliphatic heterocycles. The van der Waals surface area contributed by atoms with Gasteiger partial charge in [0.2, 0.25) is 0 Å². The van der Waals surface area contributed by atoms with E-state index in [0.717, 1.165) is 80.9 Å². The molecule has 9 heteroatoms. The first kappa shape index (κ1) is 22.7. The average Bonchev–Trinajstić information content (AvgIpc) is 2.82. The molecule has 0 atom stereocenters. The van der Waals surface area contributed by atoms with Crippen LogP contribution in [0.3, 0.4) is 0 Å². The van der Waals surface area contributed by atoms with E-state index in [1.54, 1.807) is 6.33 Å². The van der Waals surface area contributed by atoms with Crippen molar-refractivity contribution < 1.29 is 19.7 Å². The van der Waals surface area contributed by atoms with E-state index in [1.165, 1.54) is 4.90 Å². The summed E-state index contributed by atoms with van der Waals surface area (Å²) in [5.74, 6) is 1.07. The fourth-order valence-electron chi connectivity index (χ4n) is 4.67. The van der Waals surface area contributed by atoms with Gasteiger partial charge in [0.25, 0.3) is 0 Å². The Kier molecular flexibility index (Phi) is 7.72. The van der Waals surface area contributed by atoms with Crippen LogP contribution in [0.1, 0.15) is 30.9 Å². The first-order valence-corrected chi connectivity index (χ1v) is 11.5. The van der Waals surface area contributed by atoms with Crippen LogP contribution < -0.4 is 4.74 Å². The first-order valence-electron chi connectivity index (χ1n) is 11.5. The number of piperidine rings is 1. The molecule has 9 nitrogen and oxygen atoms in total. The summed E-state index contributed by atoms with van der Waals surface area (Å²) >= 11 is 0. The Balaban J connectivity index is 1.28. The number of fused-ring (bicyclic) bond motifs is 1. The molecule has 2 saturated heterocycles. The molecule has 0 radical (unpaired) electrons. The number of β-amino-alcohol motifs (C(OH)–C–C–N with tert-alkyl or cyclic N) is 1. The van der Waals surface area contributed by atoms with E-state index in [1.807, 2.05) is 18.2 Å². The number of hydrogen-bond acceptors (Lipinski definition) is 7. The molecule has 4 rings (SSSR count). The molecule has 174 valence electrons. The van der Waals surface area contributed by atoms with Crippen molar-refractivity contribution in [3.05, 3.63) is 30.2 Å². The summed E-state index contributed by atoms with van der Waals surface area (Å²) in [7, 11) is 0. The highest BCUT2D eigenvalue weighted by Gasteiger charge is 2.25. The summed E-state index contributed by atoms with van der Waals surface area (Å²) in [6.07, 6.45) is 3.29. The van der Waals surface area contributed by atoms with E-state index >= 15 is 0 Å². The van der Waals surface area contributed by atoms with Gasteiger partial charge < -0.3 is 24.7 Å². The number of ether oxygens (including phenoxy) is 1. The fourth-order valence-corrected chi connectivity index (χ4v) is 4.67. The van der Waals surface area contributed by atoms with E-state index in [-0.39, 0.29) is 12.5 Å². The number of aliphatic hydroxyl groups excluding tert-OH is 1. The lowest BCUT2D eigenvalue weighted by Gasteiger charge is -2.34. The van der Waals surface area contributed by atoms with Crippen molar-refractivity contribution in [2.75, 3.05) is 65.6 Å². The Labute approximate surface area is 188 Å². The van der Waals surface area contributed by atoms with Crippen molar-refractivity contribution in [2.45, 2.75) is 25.2 Å². The number of hydrogen-bond donors (Lipinski definition) is 2. The van der Waals surface area contributed by atoms with Gasteiger partial charge in [-0.1, -0.05) is 0 Å². The Morgan fingerprint density at radius 1 is 1.03 bits per heavy atom. The lowest BCUT2D eigenvalue weighted by Crippen LogP contribution is -2.47. The van der Waals surface area contributed by atoms with E-state index < -0.39 is 6.09 Å². The van der Waals surface area contributed by atoms with Crippen molar-refractivity contribution in [1.82, 2.24) is 24.7 Å². The summed E-state index contributed by atoms with van der Waals surface area (Å²) in [6, 6.07) is 5.99. The van der Waals surface area contributed by atoms with Gasteiger partial charge in [-0.15, -0.1) is 0 Å². The summed E-state index contributed by atoms with van der Waals surface area (Å²) in [5, 5.41) is 19.2. The Hall–Kier alpha value is -2.49. The number of aliphatic hydroxyl groups is 1. The molecule has 2 N–H and O–H groups in total. The van der Waals surface area contributed by atoms with E-state index in [0.29, 0.717) is 19.7 Å². The molecular formula is C23H33N5O4. The average molecular weight is 444 g/mol. The van der Waals surface area contributed by atoms with E-state index in [9.17, 15) is 4.79 Å². The minimum Gasteiger partial charge on any atom is -0.493 e. The topological polar surface area (TPSA) is 102 Å². The van der Waals surface area contributed by atoms with Crippen molar-refractivity contribution in [3.63, 3.8) is 0 Å². The number of rotatable bonds is 8. The molecule has 1 aromatic carbocycles. The van der Waals surface area contributed by atoms with Crippen LogP contribution in [0, 0.1) is 0 Å². The number of likely N-dealkylation sites (tertiary alicyclic amines) is 1. The molecule has 32 heavy (non-hydrogen) atoms. The maximum Gasteiger partial charge on any atom is 0.407 e. The van der Waals surface area contributed by atoms with Crippen LogP contribution in [0.25, 0.3) is 10.9 Å². The molecule has 1 amide bonds. The molecule has 2 aliphatic rings. The highest BCUT2D eigenvalue weighted by molar-refractivity contribution is 5.82. The zero-order valence-electron chi connectivity index (χ0n) is 18.5. The van der Waals surface area contributed by atoms with Crippen molar-refractivity contribution in [2.24, 2.45) is 0 Å². The number of carboxylic acid groups (broad SMARTS) is 1. The summed E-state index contributed by atoms with van der Waals surface area (Å²) in [6.45, 7) is 7.89. The minimum absolute atomic E-state index is 0.232. The number of amides is 1. The van der Waals surface area contributed by atoms with Crippen LogP contribution in [0.4, 0.5) is 4.79 Å². The van der Waals surface area contributed by atoms with Gasteiger partial charge >= 0.3 is 6.09 Å². The maximum atomic E-state index is 11.2. The zero-order valence-corrected chi connectivity index (χ0v) is 18.5. The predicted octanol–water partition coefficient (Wildman–Crippen LogP) is 1.87. The second-order valence-corrected chi connectivity index (χ2v) is 8.59. The zero-order chi connectivity index (χ0) is 22.3. The van der Waals surface area contributed by atoms with Gasteiger partial charge in [-0.3, -0.25) is 4.90 Å². The molecular weight excluding hydrogens is 410 g/mol. The van der Waals surface area contributed by atoms with Crippen LogP contribution in [0.15, 0.2) is 24.5 Å². The fraction of sp³-hybridized carbons (Fsp3) is 0.609. The number of benzene rings is 1. The van der Waals surface area contributed by atoms with E-state index in [2.05, 4.69) is 19.8 Å². The number of nitrogens with zero attached hydrogens (tertiary/aromatic N) is 5. The van der Waals surface area contributed by atoms with Gasteiger partial charge in [0.15, 0.2) is 0 Å². The van der Waals surface area contributed by atoms with Crippen molar-refractivity contribution >= 4 is 17.0 Å². The van der Waals surface area contributed by atoms with Crippen LogP contribution in [-0.4, -0.2) is 107 Å². The highest BCUT2D eigenvalue weighted by atomic mass is 16.5. The van der Waals surface area contributed by atoms with Crippen LogP contribution >= 0.6 is 0 Å². The van der Waals surface area contributed by atoms with Crippen LogP contribution in [0.2, 0.25) is 0 Å². The second-order valence-electron chi connectivity index (χ2n) is 8.59. The maximum absolute atomic E-state index is 11.2. The third-order valence-electron chi connectivity index (χ3n) is 6.56. The molecule has 0 aliphatic carbocycles. The summed E-state index contributed by atoms with van der Waals surface area (Å²) in [4.78, 5) is 26.4.